The lowest BCUT2D eigenvalue weighted by Crippen LogP contribution is -2.64. The molecule has 5 nitrogen and oxygen atoms in total. The van der Waals surface area contributed by atoms with Crippen LogP contribution in [0.2, 0.25) is 0 Å². The summed E-state index contributed by atoms with van der Waals surface area (Å²) in [4.78, 5) is 20.0. The molecular formula is C10H14F3NO4. The molecule has 0 amide bonds. The van der Waals surface area contributed by atoms with E-state index in [1.54, 1.807) is 0 Å². The van der Waals surface area contributed by atoms with Crippen molar-refractivity contribution >= 4 is 11.9 Å². The van der Waals surface area contributed by atoms with Crippen LogP contribution in [0.4, 0.5) is 13.2 Å². The summed E-state index contributed by atoms with van der Waals surface area (Å²) < 4.78 is 36.5. The minimum absolute atomic E-state index is 0.0160. The Balaban J connectivity index is 0.000000203. The van der Waals surface area contributed by atoms with E-state index in [1.807, 2.05) is 0 Å². The maximum Gasteiger partial charge on any atom is 0.490 e. The number of nitrogens with one attached hydrogen (secondary N) is 1. The molecule has 2 rings (SSSR count). The van der Waals surface area contributed by atoms with E-state index in [4.69, 9.17) is 14.6 Å². The molecule has 18 heavy (non-hydrogen) atoms. The molecule has 104 valence electrons. The molecule has 0 bridgehead atoms. The van der Waals surface area contributed by atoms with Gasteiger partial charge in [-0.2, -0.15) is 13.2 Å². The number of methoxy groups -OCH3 is 1. The van der Waals surface area contributed by atoms with Gasteiger partial charge in [0.2, 0.25) is 0 Å². The maximum atomic E-state index is 11.2. The Labute approximate surface area is 101 Å². The smallest absolute Gasteiger partial charge is 0.475 e. The van der Waals surface area contributed by atoms with Crippen LogP contribution in [0.3, 0.4) is 0 Å². The molecule has 0 aromatic rings. The quantitative estimate of drug-likeness (QED) is 0.688. The van der Waals surface area contributed by atoms with E-state index < -0.39 is 12.1 Å². The van der Waals surface area contributed by atoms with Crippen molar-refractivity contribution in [2.24, 2.45) is 11.3 Å². The fourth-order valence-electron chi connectivity index (χ4n) is 2.08. The van der Waals surface area contributed by atoms with Crippen molar-refractivity contribution in [2.45, 2.75) is 19.0 Å². The normalized spacial score (nSPS) is 24.1. The van der Waals surface area contributed by atoms with Crippen LogP contribution < -0.4 is 5.32 Å². The lowest BCUT2D eigenvalue weighted by Gasteiger charge is -2.54. The van der Waals surface area contributed by atoms with Crippen LogP contribution in [0, 0.1) is 11.3 Å². The number of carboxylic acids is 1. The van der Waals surface area contributed by atoms with Crippen LogP contribution in [0.25, 0.3) is 0 Å². The van der Waals surface area contributed by atoms with E-state index in [0.29, 0.717) is 5.41 Å². The van der Waals surface area contributed by atoms with Gasteiger partial charge in [0, 0.05) is 18.5 Å². The molecule has 2 aliphatic rings. The number of carboxylic acid groups (broad SMARTS) is 1. The number of hydrogen-bond acceptors (Lipinski definition) is 4. The number of hydrogen-bond donors (Lipinski definition) is 2. The van der Waals surface area contributed by atoms with Gasteiger partial charge < -0.3 is 15.2 Å². The largest absolute Gasteiger partial charge is 0.490 e. The summed E-state index contributed by atoms with van der Waals surface area (Å²) in [5.41, 5.74) is 0.299. The summed E-state index contributed by atoms with van der Waals surface area (Å²) >= 11 is 0. The van der Waals surface area contributed by atoms with Gasteiger partial charge in [-0.05, 0) is 12.8 Å². The van der Waals surface area contributed by atoms with Crippen molar-refractivity contribution < 1.29 is 32.6 Å². The van der Waals surface area contributed by atoms with Gasteiger partial charge in [-0.15, -0.1) is 0 Å². The molecule has 1 aliphatic carbocycles. The predicted molar refractivity (Wildman–Crippen MR) is 53.7 cm³/mol. The summed E-state index contributed by atoms with van der Waals surface area (Å²) in [6, 6.07) is 0. The zero-order valence-corrected chi connectivity index (χ0v) is 9.71. The first kappa shape index (κ1) is 14.7. The van der Waals surface area contributed by atoms with E-state index in [2.05, 4.69) is 5.32 Å². The number of carbonyl (C=O) groups excluding carboxylic acids is 1. The predicted octanol–water partition coefficient (Wildman–Crippen LogP) is 0.792. The zero-order valence-electron chi connectivity index (χ0n) is 9.71. The number of alkyl halides is 3. The van der Waals surface area contributed by atoms with Crippen LogP contribution in [0.1, 0.15) is 12.8 Å². The Kier molecular flexibility index (Phi) is 4.20. The van der Waals surface area contributed by atoms with Gasteiger partial charge in [0.15, 0.2) is 0 Å². The minimum Gasteiger partial charge on any atom is -0.475 e. The Morgan fingerprint density at radius 1 is 1.39 bits per heavy atom. The number of carbonyl (C=O) groups is 2. The molecule has 0 aromatic carbocycles. The first-order valence-corrected chi connectivity index (χ1v) is 5.31. The van der Waals surface area contributed by atoms with Crippen molar-refractivity contribution in [3.63, 3.8) is 0 Å². The van der Waals surface area contributed by atoms with Crippen LogP contribution in [-0.2, 0) is 14.3 Å². The first-order valence-electron chi connectivity index (χ1n) is 5.31. The second-order valence-electron chi connectivity index (χ2n) is 4.38. The third-order valence-corrected chi connectivity index (χ3v) is 3.35. The highest BCUT2D eigenvalue weighted by atomic mass is 19.4. The maximum absolute atomic E-state index is 11.2. The molecule has 1 aliphatic heterocycles. The van der Waals surface area contributed by atoms with Crippen LogP contribution in [0.5, 0.6) is 0 Å². The molecular weight excluding hydrogens is 255 g/mol. The summed E-state index contributed by atoms with van der Waals surface area (Å²) in [7, 11) is 1.47. The average molecular weight is 269 g/mol. The lowest BCUT2D eigenvalue weighted by atomic mass is 9.56. The summed E-state index contributed by atoms with van der Waals surface area (Å²) in [6.45, 7) is 2.01. The molecule has 1 saturated heterocycles. The highest BCUT2D eigenvalue weighted by Crippen LogP contribution is 2.49. The molecule has 8 heteroatoms. The molecule has 0 aromatic heterocycles. The van der Waals surface area contributed by atoms with Crippen molar-refractivity contribution in [3.05, 3.63) is 0 Å². The first-order chi connectivity index (χ1) is 8.23. The van der Waals surface area contributed by atoms with Crippen LogP contribution in [0.15, 0.2) is 0 Å². The number of halogens is 3. The van der Waals surface area contributed by atoms with Gasteiger partial charge in [-0.1, -0.05) is 0 Å². The van der Waals surface area contributed by atoms with E-state index in [9.17, 15) is 18.0 Å². The topological polar surface area (TPSA) is 75.6 Å². The van der Waals surface area contributed by atoms with E-state index in [0.717, 1.165) is 19.5 Å². The van der Waals surface area contributed by atoms with Gasteiger partial charge in [0.05, 0.1) is 13.0 Å². The number of ether oxygens (including phenoxy) is 1. The molecule has 1 spiro atoms. The van der Waals surface area contributed by atoms with Gasteiger partial charge in [-0.3, -0.25) is 4.79 Å². The second kappa shape index (κ2) is 5.13. The standard InChI is InChI=1S/C8H13NO2.C2HF3O2/c1-11-7(10)6-2-3-8(6)4-9-5-8;3-2(4,5)1(6)7/h6,9H,2-5H2,1H3;(H,6,7). The second-order valence-corrected chi connectivity index (χ2v) is 4.38. The summed E-state index contributed by atoms with van der Waals surface area (Å²) in [5, 5.41) is 10.3. The van der Waals surface area contributed by atoms with E-state index in [1.165, 1.54) is 13.5 Å². The van der Waals surface area contributed by atoms with Crippen molar-refractivity contribution in [3.8, 4) is 0 Å². The third-order valence-electron chi connectivity index (χ3n) is 3.35. The van der Waals surface area contributed by atoms with Gasteiger partial charge >= 0.3 is 18.1 Å². The number of aliphatic carboxylic acids is 1. The summed E-state index contributed by atoms with van der Waals surface area (Å²) in [6.07, 6.45) is -2.87. The molecule has 1 unspecified atom stereocenters. The Morgan fingerprint density at radius 2 is 1.89 bits per heavy atom. The van der Waals surface area contributed by atoms with Crippen molar-refractivity contribution in [1.29, 1.82) is 0 Å². The van der Waals surface area contributed by atoms with Crippen molar-refractivity contribution in [2.75, 3.05) is 20.2 Å². The minimum atomic E-state index is -5.08. The van der Waals surface area contributed by atoms with E-state index >= 15 is 0 Å². The van der Waals surface area contributed by atoms with E-state index in [-0.39, 0.29) is 11.9 Å². The molecule has 1 heterocycles. The van der Waals surface area contributed by atoms with Gasteiger partial charge in [-0.25, -0.2) is 4.79 Å². The summed E-state index contributed by atoms with van der Waals surface area (Å²) in [5.74, 6) is -2.58. The van der Waals surface area contributed by atoms with Crippen molar-refractivity contribution in [1.82, 2.24) is 5.32 Å². The zero-order chi connectivity index (χ0) is 14.0. The van der Waals surface area contributed by atoms with Crippen LogP contribution >= 0.6 is 0 Å². The Bertz CT molecular complexity index is 333. The Morgan fingerprint density at radius 3 is 2.06 bits per heavy atom. The highest BCUT2D eigenvalue weighted by molar-refractivity contribution is 5.75. The molecule has 0 radical (unpaired) electrons. The molecule has 1 saturated carbocycles. The Hall–Kier alpha value is -1.31. The SMILES string of the molecule is COC(=O)C1CCC12CNC2.O=C(O)C(F)(F)F. The fourth-order valence-corrected chi connectivity index (χ4v) is 2.08. The number of rotatable bonds is 1. The average Bonchev–Trinajstić information content (AvgIpc) is 2.12. The third kappa shape index (κ3) is 2.92. The number of esters is 1. The monoisotopic (exact) mass is 269 g/mol. The molecule has 2 N–H and O–H groups in total. The molecule has 1 atom stereocenters. The lowest BCUT2D eigenvalue weighted by molar-refractivity contribution is -0.192. The van der Waals surface area contributed by atoms with Gasteiger partial charge in [0.1, 0.15) is 0 Å². The highest BCUT2D eigenvalue weighted by Gasteiger charge is 2.54. The van der Waals surface area contributed by atoms with Crippen LogP contribution in [-0.4, -0.2) is 43.4 Å². The van der Waals surface area contributed by atoms with Gasteiger partial charge in [0.25, 0.3) is 0 Å². The molecule has 2 fully saturated rings. The fraction of sp³-hybridized carbons (Fsp3) is 0.800.